The van der Waals surface area contributed by atoms with Crippen LogP contribution in [0.3, 0.4) is 0 Å². The van der Waals surface area contributed by atoms with Gasteiger partial charge in [0.15, 0.2) is 0 Å². The van der Waals surface area contributed by atoms with Gasteiger partial charge in [-0.15, -0.1) is 0 Å². The summed E-state index contributed by atoms with van der Waals surface area (Å²) in [6, 6.07) is 42.5. The minimum absolute atomic E-state index is 0.355. The van der Waals surface area contributed by atoms with Crippen LogP contribution < -0.4 is 0 Å². The van der Waals surface area contributed by atoms with Crippen molar-refractivity contribution in [3.05, 3.63) is 168 Å². The molecule has 6 aromatic rings. The van der Waals surface area contributed by atoms with E-state index in [4.69, 9.17) is 0 Å². The molecule has 2 atom stereocenters. The van der Waals surface area contributed by atoms with Gasteiger partial charge in [0.25, 0.3) is 0 Å². The lowest BCUT2D eigenvalue weighted by molar-refractivity contribution is 0.665. The first-order valence-electron chi connectivity index (χ1n) is 15.5. The third-order valence-electron chi connectivity index (χ3n) is 9.35. The Balaban J connectivity index is 1.18. The number of hydrogen-bond donors (Lipinski definition) is 0. The summed E-state index contributed by atoms with van der Waals surface area (Å²) in [5, 5.41) is 7.81. The fourth-order valence-corrected chi connectivity index (χ4v) is 7.13. The van der Waals surface area contributed by atoms with E-state index in [2.05, 4.69) is 166 Å². The zero-order valence-corrected chi connectivity index (χ0v) is 24.7. The SMILES string of the molecule is CC(C)c1ccc2ccccc2c1-c1ccc(C2=CC3C=CC(c4ccc5ccccc5c4)=CC3C=C2)c2ccccc12. The van der Waals surface area contributed by atoms with Crippen LogP contribution in [0.5, 0.6) is 0 Å². The maximum Gasteiger partial charge on any atom is 0.00571 e. The Kier molecular flexibility index (Phi) is 6.23. The van der Waals surface area contributed by atoms with Gasteiger partial charge < -0.3 is 0 Å². The molecular formula is C43H34. The minimum atomic E-state index is 0.355. The molecular weight excluding hydrogens is 516 g/mol. The second kappa shape index (κ2) is 10.4. The number of fused-ring (bicyclic) bond motifs is 4. The van der Waals surface area contributed by atoms with Gasteiger partial charge in [0, 0.05) is 11.8 Å². The van der Waals surface area contributed by atoms with Gasteiger partial charge in [0.2, 0.25) is 0 Å². The molecule has 0 heterocycles. The highest BCUT2D eigenvalue weighted by molar-refractivity contribution is 6.10. The Morgan fingerprint density at radius 1 is 0.488 bits per heavy atom. The van der Waals surface area contributed by atoms with Crippen LogP contribution in [0.1, 0.15) is 36.5 Å². The van der Waals surface area contributed by atoms with Gasteiger partial charge in [0.1, 0.15) is 0 Å². The molecule has 2 aliphatic carbocycles. The third-order valence-corrected chi connectivity index (χ3v) is 9.35. The van der Waals surface area contributed by atoms with E-state index in [0.29, 0.717) is 17.8 Å². The molecule has 0 fully saturated rings. The Morgan fingerprint density at radius 2 is 1.07 bits per heavy atom. The lowest BCUT2D eigenvalue weighted by Gasteiger charge is -2.26. The van der Waals surface area contributed by atoms with Crippen LogP contribution in [0.4, 0.5) is 0 Å². The van der Waals surface area contributed by atoms with Crippen molar-refractivity contribution >= 4 is 43.5 Å². The predicted molar refractivity (Wildman–Crippen MR) is 186 cm³/mol. The summed E-state index contributed by atoms with van der Waals surface area (Å²) >= 11 is 0. The molecule has 0 aliphatic heterocycles. The van der Waals surface area contributed by atoms with Gasteiger partial charge in [-0.2, -0.15) is 0 Å². The molecule has 0 spiro atoms. The van der Waals surface area contributed by atoms with E-state index >= 15 is 0 Å². The average molecular weight is 551 g/mol. The molecule has 0 bridgehead atoms. The highest BCUT2D eigenvalue weighted by Gasteiger charge is 2.23. The summed E-state index contributed by atoms with van der Waals surface area (Å²) in [7, 11) is 0. The summed E-state index contributed by atoms with van der Waals surface area (Å²) in [6.45, 7) is 4.60. The Bertz CT molecular complexity index is 2160. The van der Waals surface area contributed by atoms with E-state index in [9.17, 15) is 0 Å². The van der Waals surface area contributed by atoms with Crippen LogP contribution in [-0.2, 0) is 0 Å². The summed E-state index contributed by atoms with van der Waals surface area (Å²) in [5.41, 5.74) is 9.28. The van der Waals surface area contributed by atoms with Gasteiger partial charge in [-0.05, 0) is 83.3 Å². The molecule has 8 rings (SSSR count). The van der Waals surface area contributed by atoms with Crippen molar-refractivity contribution in [1.29, 1.82) is 0 Å². The van der Waals surface area contributed by atoms with Gasteiger partial charge >= 0.3 is 0 Å². The van der Waals surface area contributed by atoms with E-state index in [1.54, 1.807) is 0 Å². The minimum Gasteiger partial charge on any atom is -0.0761 e. The first-order chi connectivity index (χ1) is 21.1. The molecule has 0 N–H and O–H groups in total. The molecule has 206 valence electrons. The summed E-state index contributed by atoms with van der Waals surface area (Å²) < 4.78 is 0. The smallest absolute Gasteiger partial charge is 0.00571 e. The maximum atomic E-state index is 2.47. The normalized spacial score (nSPS) is 17.8. The zero-order valence-electron chi connectivity index (χ0n) is 24.7. The highest BCUT2D eigenvalue weighted by atomic mass is 14.3. The van der Waals surface area contributed by atoms with Crippen molar-refractivity contribution < 1.29 is 0 Å². The molecule has 0 amide bonds. The standard InChI is InChI=1S/C43H34/c1-28(2)37-22-21-30-10-5-6-12-39(30)43(37)42-24-23-38(40-13-7-8-14-41(40)42)36-20-19-34-26-33(17-18-35(34)27-36)32-16-15-29-9-3-4-11-31(29)25-32/h3-28,34-35H,1-2H3. The number of benzene rings is 6. The van der Waals surface area contributed by atoms with Crippen molar-refractivity contribution in [2.75, 3.05) is 0 Å². The zero-order chi connectivity index (χ0) is 28.9. The monoisotopic (exact) mass is 550 g/mol. The van der Waals surface area contributed by atoms with Crippen LogP contribution in [0.15, 0.2) is 152 Å². The molecule has 2 unspecified atom stereocenters. The maximum absolute atomic E-state index is 2.47. The quantitative estimate of drug-likeness (QED) is 0.205. The third kappa shape index (κ3) is 4.46. The lowest BCUT2D eigenvalue weighted by atomic mass is 9.78. The van der Waals surface area contributed by atoms with Crippen LogP contribution >= 0.6 is 0 Å². The van der Waals surface area contributed by atoms with Gasteiger partial charge in [-0.25, -0.2) is 0 Å². The van der Waals surface area contributed by atoms with E-state index in [1.807, 2.05) is 0 Å². The predicted octanol–water partition coefficient (Wildman–Crippen LogP) is 11.8. The lowest BCUT2D eigenvalue weighted by Crippen LogP contribution is -2.13. The Labute approximate surface area is 254 Å². The molecule has 0 radical (unpaired) electrons. The molecule has 43 heavy (non-hydrogen) atoms. The van der Waals surface area contributed by atoms with Crippen molar-refractivity contribution in [2.45, 2.75) is 19.8 Å². The second-order valence-corrected chi connectivity index (χ2v) is 12.3. The first kappa shape index (κ1) is 25.7. The molecule has 6 aromatic carbocycles. The average Bonchev–Trinajstić information content (AvgIpc) is 3.06. The number of hydrogen-bond acceptors (Lipinski definition) is 0. The number of allylic oxidation sites excluding steroid dienone is 8. The van der Waals surface area contributed by atoms with Gasteiger partial charge in [-0.3, -0.25) is 0 Å². The summed E-state index contributed by atoms with van der Waals surface area (Å²) in [5.74, 6) is 1.16. The highest BCUT2D eigenvalue weighted by Crippen LogP contribution is 2.43. The van der Waals surface area contributed by atoms with Crippen molar-refractivity contribution in [2.24, 2.45) is 11.8 Å². The fraction of sp³-hybridized carbons (Fsp3) is 0.116. The topological polar surface area (TPSA) is 0 Å². The van der Waals surface area contributed by atoms with E-state index < -0.39 is 0 Å². The summed E-state index contributed by atoms with van der Waals surface area (Å²) in [4.78, 5) is 0. The van der Waals surface area contributed by atoms with Crippen LogP contribution in [0.2, 0.25) is 0 Å². The van der Waals surface area contributed by atoms with Crippen molar-refractivity contribution in [3.8, 4) is 11.1 Å². The molecule has 0 nitrogen and oxygen atoms in total. The molecule has 0 saturated heterocycles. The largest absolute Gasteiger partial charge is 0.0761 e. The second-order valence-electron chi connectivity index (χ2n) is 12.3. The van der Waals surface area contributed by atoms with Gasteiger partial charge in [-0.1, -0.05) is 159 Å². The van der Waals surface area contributed by atoms with Crippen molar-refractivity contribution in [1.82, 2.24) is 0 Å². The van der Waals surface area contributed by atoms with E-state index in [-0.39, 0.29) is 0 Å². The van der Waals surface area contributed by atoms with Crippen LogP contribution in [0.25, 0.3) is 54.6 Å². The Morgan fingerprint density at radius 3 is 1.84 bits per heavy atom. The molecule has 2 aliphatic rings. The van der Waals surface area contributed by atoms with Gasteiger partial charge in [0.05, 0.1) is 0 Å². The van der Waals surface area contributed by atoms with Crippen molar-refractivity contribution in [3.63, 3.8) is 0 Å². The molecule has 0 saturated carbocycles. The number of rotatable bonds is 4. The van der Waals surface area contributed by atoms with E-state index in [0.717, 1.165) is 0 Å². The summed E-state index contributed by atoms with van der Waals surface area (Å²) in [6.07, 6.45) is 14.3. The van der Waals surface area contributed by atoms with Crippen LogP contribution in [0, 0.1) is 11.8 Å². The fourth-order valence-electron chi connectivity index (χ4n) is 7.13. The molecule has 0 heteroatoms. The van der Waals surface area contributed by atoms with E-state index in [1.165, 1.54) is 71.3 Å². The van der Waals surface area contributed by atoms with Crippen LogP contribution in [-0.4, -0.2) is 0 Å². The Hall–Kier alpha value is -4.94. The molecule has 0 aromatic heterocycles. The first-order valence-corrected chi connectivity index (χ1v) is 15.5.